The van der Waals surface area contributed by atoms with Crippen molar-refractivity contribution in [3.05, 3.63) is 58.7 Å². The largest absolute Gasteiger partial charge is 0.496 e. The second kappa shape index (κ2) is 6.64. The van der Waals surface area contributed by atoms with Crippen LogP contribution < -0.4 is 15.2 Å². The van der Waals surface area contributed by atoms with E-state index in [-0.39, 0.29) is 6.61 Å². The maximum absolute atomic E-state index is 11.2. The minimum Gasteiger partial charge on any atom is -0.496 e. The van der Waals surface area contributed by atoms with Gasteiger partial charge in [0.1, 0.15) is 18.1 Å². The van der Waals surface area contributed by atoms with Crippen LogP contribution in [0, 0.1) is 18.3 Å². The molecule has 2 N–H and O–H groups in total. The van der Waals surface area contributed by atoms with E-state index in [1.54, 1.807) is 43.5 Å². The molecule has 0 aliphatic rings. The molecule has 0 saturated carbocycles. The van der Waals surface area contributed by atoms with Gasteiger partial charge in [0.2, 0.25) is 5.91 Å². The van der Waals surface area contributed by atoms with Crippen LogP contribution in [0.1, 0.15) is 27.0 Å². The number of hydrogen-bond donors (Lipinski definition) is 1. The van der Waals surface area contributed by atoms with Crippen molar-refractivity contribution in [2.45, 2.75) is 13.5 Å². The molecule has 0 spiro atoms. The highest BCUT2D eigenvalue weighted by Gasteiger charge is 2.09. The molecular weight excluding hydrogens is 280 g/mol. The molecule has 5 heteroatoms. The summed E-state index contributed by atoms with van der Waals surface area (Å²) in [6, 6.07) is 12.2. The Morgan fingerprint density at radius 2 is 2.00 bits per heavy atom. The molecule has 2 aromatic carbocycles. The third-order valence-electron chi connectivity index (χ3n) is 3.27. The molecule has 0 saturated heterocycles. The van der Waals surface area contributed by atoms with Gasteiger partial charge in [-0.15, -0.1) is 0 Å². The van der Waals surface area contributed by atoms with E-state index in [1.165, 1.54) is 0 Å². The number of benzene rings is 2. The molecule has 0 fully saturated rings. The van der Waals surface area contributed by atoms with Gasteiger partial charge in [-0.25, -0.2) is 0 Å². The summed E-state index contributed by atoms with van der Waals surface area (Å²) < 4.78 is 11.0. The van der Waals surface area contributed by atoms with E-state index in [0.717, 1.165) is 11.1 Å². The molecule has 22 heavy (non-hydrogen) atoms. The van der Waals surface area contributed by atoms with Gasteiger partial charge in [-0.3, -0.25) is 4.79 Å². The number of carbonyl (C=O) groups is 1. The Labute approximate surface area is 128 Å². The number of primary amides is 1. The molecule has 0 radical (unpaired) electrons. The number of nitrogens with two attached hydrogens (primary N) is 1. The topological polar surface area (TPSA) is 85.3 Å². The lowest BCUT2D eigenvalue weighted by Crippen LogP contribution is -2.11. The number of amides is 1. The second-order valence-corrected chi connectivity index (χ2v) is 4.77. The number of carbonyl (C=O) groups excluding carboxylic acids is 1. The number of nitrogens with zero attached hydrogens (tertiary/aromatic N) is 1. The van der Waals surface area contributed by atoms with Gasteiger partial charge < -0.3 is 15.2 Å². The first-order valence-corrected chi connectivity index (χ1v) is 6.65. The summed E-state index contributed by atoms with van der Waals surface area (Å²) in [5.74, 6) is 0.706. The van der Waals surface area contributed by atoms with Crippen molar-refractivity contribution in [1.82, 2.24) is 0 Å². The summed E-state index contributed by atoms with van der Waals surface area (Å²) in [7, 11) is 1.56. The maximum Gasteiger partial charge on any atom is 0.248 e. The predicted molar refractivity (Wildman–Crippen MR) is 81.7 cm³/mol. The number of methoxy groups -OCH3 is 1. The van der Waals surface area contributed by atoms with Crippen LogP contribution in [0.3, 0.4) is 0 Å². The Kier molecular flexibility index (Phi) is 4.64. The van der Waals surface area contributed by atoms with E-state index in [2.05, 4.69) is 6.07 Å². The molecule has 5 nitrogen and oxygen atoms in total. The highest BCUT2D eigenvalue weighted by Crippen LogP contribution is 2.24. The van der Waals surface area contributed by atoms with Crippen LogP contribution in [0.15, 0.2) is 36.4 Å². The van der Waals surface area contributed by atoms with E-state index < -0.39 is 5.91 Å². The van der Waals surface area contributed by atoms with Crippen LogP contribution >= 0.6 is 0 Å². The summed E-state index contributed by atoms with van der Waals surface area (Å²) in [6.45, 7) is 2.10. The highest BCUT2D eigenvalue weighted by atomic mass is 16.5. The van der Waals surface area contributed by atoms with Gasteiger partial charge in [-0.2, -0.15) is 5.26 Å². The Bertz CT molecular complexity index is 748. The number of rotatable bonds is 5. The smallest absolute Gasteiger partial charge is 0.248 e. The molecule has 0 unspecified atom stereocenters. The van der Waals surface area contributed by atoms with Crippen molar-refractivity contribution >= 4 is 5.91 Å². The van der Waals surface area contributed by atoms with E-state index in [9.17, 15) is 4.79 Å². The molecule has 2 rings (SSSR count). The molecule has 0 heterocycles. The lowest BCUT2D eigenvalue weighted by atomic mass is 10.1. The zero-order valence-corrected chi connectivity index (χ0v) is 12.4. The van der Waals surface area contributed by atoms with Crippen molar-refractivity contribution in [1.29, 1.82) is 5.26 Å². The summed E-state index contributed by atoms with van der Waals surface area (Å²) in [4.78, 5) is 11.2. The van der Waals surface area contributed by atoms with Crippen molar-refractivity contribution in [3.63, 3.8) is 0 Å². The lowest BCUT2D eigenvalue weighted by molar-refractivity contribution is 0.1000. The van der Waals surface area contributed by atoms with Crippen LogP contribution in [-0.2, 0) is 6.61 Å². The highest BCUT2D eigenvalue weighted by molar-refractivity contribution is 5.93. The van der Waals surface area contributed by atoms with Gasteiger partial charge in [-0.1, -0.05) is 6.07 Å². The molecule has 1 amide bonds. The monoisotopic (exact) mass is 296 g/mol. The standard InChI is InChI=1S/C17H16N2O3/c1-11-3-5-13(17(19)20)8-16(11)22-10-14-7-12(9-18)4-6-15(14)21-2/h3-8H,10H2,1-2H3,(H2,19,20). The summed E-state index contributed by atoms with van der Waals surface area (Å²) >= 11 is 0. The van der Waals surface area contributed by atoms with E-state index in [4.69, 9.17) is 20.5 Å². The minimum atomic E-state index is -0.506. The quantitative estimate of drug-likeness (QED) is 0.918. The maximum atomic E-state index is 11.2. The van der Waals surface area contributed by atoms with Gasteiger partial charge >= 0.3 is 0 Å². The molecule has 0 atom stereocenters. The normalized spacial score (nSPS) is 9.86. The first kappa shape index (κ1) is 15.4. The fourth-order valence-corrected chi connectivity index (χ4v) is 2.03. The van der Waals surface area contributed by atoms with Gasteiger partial charge in [0, 0.05) is 11.1 Å². The average molecular weight is 296 g/mol. The number of aryl methyl sites for hydroxylation is 1. The third-order valence-corrected chi connectivity index (χ3v) is 3.27. The van der Waals surface area contributed by atoms with Gasteiger partial charge in [0.25, 0.3) is 0 Å². The van der Waals surface area contributed by atoms with Gasteiger partial charge in [0.15, 0.2) is 0 Å². The van der Waals surface area contributed by atoms with Crippen molar-refractivity contribution in [2.24, 2.45) is 5.73 Å². The predicted octanol–water partition coefficient (Wildman–Crippen LogP) is 2.55. The fourth-order valence-electron chi connectivity index (χ4n) is 2.03. The fraction of sp³-hybridized carbons (Fsp3) is 0.176. The lowest BCUT2D eigenvalue weighted by Gasteiger charge is -2.13. The Balaban J connectivity index is 2.25. The molecule has 2 aromatic rings. The minimum absolute atomic E-state index is 0.224. The molecule has 112 valence electrons. The number of nitriles is 1. The first-order chi connectivity index (χ1) is 10.5. The van der Waals surface area contributed by atoms with Crippen LogP contribution in [0.4, 0.5) is 0 Å². The van der Waals surface area contributed by atoms with Gasteiger partial charge in [0.05, 0.1) is 18.7 Å². The second-order valence-electron chi connectivity index (χ2n) is 4.77. The summed E-state index contributed by atoms with van der Waals surface area (Å²) in [6.07, 6.45) is 0. The molecule has 0 aliphatic heterocycles. The Hall–Kier alpha value is -3.00. The summed E-state index contributed by atoms with van der Waals surface area (Å²) in [5.41, 5.74) is 7.83. The molecule has 0 aliphatic carbocycles. The number of ether oxygens (including phenoxy) is 2. The Morgan fingerprint density at radius 1 is 1.23 bits per heavy atom. The first-order valence-electron chi connectivity index (χ1n) is 6.65. The van der Waals surface area contributed by atoms with Crippen molar-refractivity contribution in [3.8, 4) is 17.6 Å². The SMILES string of the molecule is COc1ccc(C#N)cc1COc1cc(C(N)=O)ccc1C. The Morgan fingerprint density at radius 3 is 2.64 bits per heavy atom. The average Bonchev–Trinajstić information content (AvgIpc) is 2.53. The van der Waals surface area contributed by atoms with E-state index in [0.29, 0.717) is 22.6 Å². The van der Waals surface area contributed by atoms with E-state index in [1.807, 2.05) is 6.92 Å². The van der Waals surface area contributed by atoms with E-state index >= 15 is 0 Å². The number of hydrogen-bond acceptors (Lipinski definition) is 4. The van der Waals surface area contributed by atoms with Crippen LogP contribution in [0.25, 0.3) is 0 Å². The molecule has 0 aromatic heterocycles. The van der Waals surface area contributed by atoms with Crippen LogP contribution in [-0.4, -0.2) is 13.0 Å². The zero-order chi connectivity index (χ0) is 16.1. The molecule has 0 bridgehead atoms. The third kappa shape index (κ3) is 3.36. The van der Waals surface area contributed by atoms with Crippen LogP contribution in [0.2, 0.25) is 0 Å². The molecular formula is C17H16N2O3. The van der Waals surface area contributed by atoms with Gasteiger partial charge in [-0.05, 0) is 42.8 Å². The van der Waals surface area contributed by atoms with Crippen molar-refractivity contribution < 1.29 is 14.3 Å². The van der Waals surface area contributed by atoms with Crippen LogP contribution in [0.5, 0.6) is 11.5 Å². The summed E-state index contributed by atoms with van der Waals surface area (Å²) in [5, 5.41) is 8.97. The van der Waals surface area contributed by atoms with Crippen molar-refractivity contribution in [2.75, 3.05) is 7.11 Å². The zero-order valence-electron chi connectivity index (χ0n) is 12.4.